The first kappa shape index (κ1) is 9.91. The number of hydrogen-bond acceptors (Lipinski definition) is 3. The first-order valence-electron chi connectivity index (χ1n) is 3.34. The van der Waals surface area contributed by atoms with Crippen LogP contribution in [0.3, 0.4) is 0 Å². The van der Waals surface area contributed by atoms with Crippen molar-refractivity contribution in [3.63, 3.8) is 0 Å². The second-order valence-electron chi connectivity index (χ2n) is 2.14. The summed E-state index contributed by atoms with van der Waals surface area (Å²) in [5, 5.41) is 10.1. The Morgan fingerprint density at radius 2 is 1.82 bits per heavy atom. The molecule has 3 nitrogen and oxygen atoms in total. The molecule has 0 bridgehead atoms. The highest BCUT2D eigenvalue weighted by Crippen LogP contribution is 1.86. The van der Waals surface area contributed by atoms with E-state index in [-0.39, 0.29) is 6.54 Å². The maximum absolute atomic E-state index is 10.1. The first-order valence-corrected chi connectivity index (χ1v) is 3.34. The van der Waals surface area contributed by atoms with Crippen molar-refractivity contribution in [2.75, 3.05) is 19.6 Å². The Morgan fingerprint density at radius 3 is 2.09 bits per heavy atom. The van der Waals surface area contributed by atoms with Gasteiger partial charge in [0.25, 0.3) is 0 Å². The minimum atomic E-state index is -1.08. The third-order valence-corrected chi connectivity index (χ3v) is 1.13. The number of nitrogens with zero attached hydrogens (tertiary/aromatic N) is 1. The summed E-state index contributed by atoms with van der Waals surface area (Å²) >= 11 is 0. The van der Waals surface area contributed by atoms with Crippen molar-refractivity contribution in [2.45, 2.75) is 0 Å². The minimum absolute atomic E-state index is 0.0714. The van der Waals surface area contributed by atoms with Crippen LogP contribution in [-0.2, 0) is 4.79 Å². The predicted molar refractivity (Wildman–Crippen MR) is 41.8 cm³/mol. The van der Waals surface area contributed by atoms with E-state index in [9.17, 15) is 9.90 Å². The standard InChI is InChI=1S/C8H13NO2/c1-3-5-9(6-4-2)7-8(10)11/h3-4H,1-2,5-7H2,(H,10,11)/p-1. The van der Waals surface area contributed by atoms with E-state index in [2.05, 4.69) is 13.2 Å². The Balaban J connectivity index is 3.76. The second-order valence-corrected chi connectivity index (χ2v) is 2.14. The van der Waals surface area contributed by atoms with Gasteiger partial charge >= 0.3 is 0 Å². The smallest absolute Gasteiger partial charge is 0.0555 e. The average molecular weight is 154 g/mol. The van der Waals surface area contributed by atoms with E-state index in [1.807, 2.05) is 0 Å². The summed E-state index contributed by atoms with van der Waals surface area (Å²) < 4.78 is 0. The maximum Gasteiger partial charge on any atom is 0.0555 e. The molecule has 0 aromatic heterocycles. The molecule has 0 amide bonds. The van der Waals surface area contributed by atoms with E-state index in [1.165, 1.54) is 0 Å². The number of carboxylic acid groups (broad SMARTS) is 1. The average Bonchev–Trinajstić information content (AvgIpc) is 1.87. The topological polar surface area (TPSA) is 43.4 Å². The molecule has 0 aliphatic carbocycles. The zero-order valence-electron chi connectivity index (χ0n) is 6.45. The summed E-state index contributed by atoms with van der Waals surface area (Å²) in [5.41, 5.74) is 0. The Kier molecular flexibility index (Phi) is 5.11. The largest absolute Gasteiger partial charge is 0.549 e. The summed E-state index contributed by atoms with van der Waals surface area (Å²) in [6, 6.07) is 0. The van der Waals surface area contributed by atoms with Crippen LogP contribution < -0.4 is 5.11 Å². The molecule has 0 heterocycles. The zero-order valence-corrected chi connectivity index (χ0v) is 6.45. The Morgan fingerprint density at radius 1 is 1.36 bits per heavy atom. The van der Waals surface area contributed by atoms with Gasteiger partial charge in [0, 0.05) is 19.6 Å². The number of carbonyl (C=O) groups is 1. The van der Waals surface area contributed by atoms with E-state index in [4.69, 9.17) is 0 Å². The maximum atomic E-state index is 10.1. The molecule has 0 N–H and O–H groups in total. The number of carbonyl (C=O) groups excluding carboxylic acids is 1. The molecule has 11 heavy (non-hydrogen) atoms. The van der Waals surface area contributed by atoms with Crippen LogP contribution >= 0.6 is 0 Å². The van der Waals surface area contributed by atoms with E-state index < -0.39 is 5.97 Å². The van der Waals surface area contributed by atoms with E-state index in [0.29, 0.717) is 13.1 Å². The van der Waals surface area contributed by atoms with Gasteiger partial charge in [-0.2, -0.15) is 0 Å². The molecular formula is C8H12NO2-. The molecule has 0 radical (unpaired) electrons. The summed E-state index contributed by atoms with van der Waals surface area (Å²) in [6.45, 7) is 8.01. The SMILES string of the molecule is C=CCN(CC=C)CC(=O)[O-]. The van der Waals surface area contributed by atoms with Crippen LogP contribution in [0.25, 0.3) is 0 Å². The molecule has 3 heteroatoms. The lowest BCUT2D eigenvalue weighted by Crippen LogP contribution is -2.38. The molecule has 0 aromatic carbocycles. The van der Waals surface area contributed by atoms with Crippen molar-refractivity contribution in [3.8, 4) is 0 Å². The summed E-state index contributed by atoms with van der Waals surface area (Å²) in [4.78, 5) is 11.8. The van der Waals surface area contributed by atoms with Gasteiger partial charge in [0.05, 0.1) is 5.97 Å². The van der Waals surface area contributed by atoms with E-state index >= 15 is 0 Å². The summed E-state index contributed by atoms with van der Waals surface area (Å²) in [6.07, 6.45) is 3.29. The number of aliphatic carboxylic acids is 1. The number of rotatable bonds is 6. The molecule has 0 atom stereocenters. The Hall–Kier alpha value is -1.09. The lowest BCUT2D eigenvalue weighted by atomic mass is 10.4. The number of hydrogen-bond donors (Lipinski definition) is 0. The molecule has 0 aromatic rings. The fourth-order valence-electron chi connectivity index (χ4n) is 0.751. The fourth-order valence-corrected chi connectivity index (χ4v) is 0.751. The molecule has 0 spiro atoms. The zero-order chi connectivity index (χ0) is 8.69. The lowest BCUT2D eigenvalue weighted by molar-refractivity contribution is -0.306. The van der Waals surface area contributed by atoms with Crippen molar-refractivity contribution < 1.29 is 9.90 Å². The molecule has 0 saturated carbocycles. The van der Waals surface area contributed by atoms with Crippen molar-refractivity contribution in [2.24, 2.45) is 0 Å². The van der Waals surface area contributed by atoms with Crippen molar-refractivity contribution >= 4 is 5.97 Å². The third kappa shape index (κ3) is 5.36. The number of carboxylic acids is 1. The first-order chi connectivity index (χ1) is 5.20. The molecular weight excluding hydrogens is 142 g/mol. The van der Waals surface area contributed by atoms with Crippen LogP contribution in [0.15, 0.2) is 25.3 Å². The normalized spacial score (nSPS) is 9.55. The van der Waals surface area contributed by atoms with Gasteiger partial charge < -0.3 is 9.90 Å². The summed E-state index contributed by atoms with van der Waals surface area (Å²) in [7, 11) is 0. The molecule has 0 saturated heterocycles. The van der Waals surface area contributed by atoms with Gasteiger partial charge in [-0.15, -0.1) is 13.2 Å². The van der Waals surface area contributed by atoms with Crippen LogP contribution in [0.4, 0.5) is 0 Å². The molecule has 0 fully saturated rings. The molecule has 62 valence electrons. The lowest BCUT2D eigenvalue weighted by Gasteiger charge is -2.18. The Bertz CT molecular complexity index is 144. The van der Waals surface area contributed by atoms with Crippen molar-refractivity contribution in [3.05, 3.63) is 25.3 Å². The van der Waals surface area contributed by atoms with Crippen LogP contribution in [0, 0.1) is 0 Å². The van der Waals surface area contributed by atoms with Gasteiger partial charge in [-0.3, -0.25) is 4.90 Å². The highest BCUT2D eigenvalue weighted by molar-refractivity contribution is 5.66. The monoisotopic (exact) mass is 154 g/mol. The van der Waals surface area contributed by atoms with Crippen LogP contribution in [0.1, 0.15) is 0 Å². The van der Waals surface area contributed by atoms with Gasteiger partial charge in [0.2, 0.25) is 0 Å². The molecule has 0 rings (SSSR count). The third-order valence-electron chi connectivity index (χ3n) is 1.13. The van der Waals surface area contributed by atoms with Gasteiger partial charge in [0.15, 0.2) is 0 Å². The predicted octanol–water partition coefficient (Wildman–Crippen LogP) is -0.590. The van der Waals surface area contributed by atoms with Gasteiger partial charge in [-0.1, -0.05) is 12.2 Å². The van der Waals surface area contributed by atoms with Gasteiger partial charge in [-0.05, 0) is 0 Å². The molecule has 0 aliphatic rings. The van der Waals surface area contributed by atoms with E-state index in [0.717, 1.165) is 0 Å². The fraction of sp³-hybridized carbons (Fsp3) is 0.375. The summed E-state index contributed by atoms with van der Waals surface area (Å²) in [5.74, 6) is -1.08. The van der Waals surface area contributed by atoms with Crippen LogP contribution in [-0.4, -0.2) is 30.5 Å². The quantitative estimate of drug-likeness (QED) is 0.480. The highest BCUT2D eigenvalue weighted by Gasteiger charge is 1.98. The van der Waals surface area contributed by atoms with Crippen molar-refractivity contribution in [1.82, 2.24) is 4.90 Å². The van der Waals surface area contributed by atoms with Crippen LogP contribution in [0.5, 0.6) is 0 Å². The minimum Gasteiger partial charge on any atom is -0.549 e. The Labute approximate surface area is 66.6 Å². The van der Waals surface area contributed by atoms with Gasteiger partial charge in [-0.25, -0.2) is 0 Å². The molecule has 0 unspecified atom stereocenters. The molecule has 0 aliphatic heterocycles. The van der Waals surface area contributed by atoms with E-state index in [1.54, 1.807) is 17.1 Å². The van der Waals surface area contributed by atoms with Crippen molar-refractivity contribution in [1.29, 1.82) is 0 Å². The second kappa shape index (κ2) is 5.68. The highest BCUT2D eigenvalue weighted by atomic mass is 16.4. The van der Waals surface area contributed by atoms with Crippen LogP contribution in [0.2, 0.25) is 0 Å². The van der Waals surface area contributed by atoms with Gasteiger partial charge in [0.1, 0.15) is 0 Å².